The monoisotopic (exact) mass is 451 g/mol. The van der Waals surface area contributed by atoms with Gasteiger partial charge < -0.3 is 5.73 Å². The molecule has 152 valence electrons. The van der Waals surface area contributed by atoms with Gasteiger partial charge in [-0.05, 0) is 6.42 Å². The first-order chi connectivity index (χ1) is 12.0. The minimum Gasteiger partial charge on any atom is -0.385 e. The Hall–Kier alpha value is 0.863. The van der Waals surface area contributed by atoms with E-state index < -0.39 is 0 Å². The zero-order chi connectivity index (χ0) is 18.8. The molecule has 0 aromatic rings. The fourth-order valence-corrected chi connectivity index (χ4v) is 4.89. The van der Waals surface area contributed by atoms with Crippen molar-refractivity contribution in [2.75, 3.05) is 0 Å². The van der Waals surface area contributed by atoms with Crippen molar-refractivity contribution in [1.82, 2.24) is 0 Å². The van der Waals surface area contributed by atoms with E-state index in [1.165, 1.54) is 109 Å². The molecule has 0 aromatic carbocycles. The minimum absolute atomic E-state index is 0. The van der Waals surface area contributed by atoms with Crippen molar-refractivity contribution in [2.45, 2.75) is 135 Å². The fourth-order valence-electron chi connectivity index (χ4n) is 3.42. The Morgan fingerprint density at radius 1 is 0.692 bits per heavy atom. The summed E-state index contributed by atoms with van der Waals surface area (Å²) in [5.41, 5.74) is 5.63. The SMILES string of the molecule is CCCCCCCCCCCCCCCCCCC(C)(C)SC(N)=S.[Zn]. The number of hydrogen-bond donors (Lipinski definition) is 1. The first kappa shape index (κ1) is 29.1. The van der Waals surface area contributed by atoms with Crippen LogP contribution in [0.3, 0.4) is 0 Å². The van der Waals surface area contributed by atoms with Gasteiger partial charge in [-0.1, -0.05) is 147 Å². The van der Waals surface area contributed by atoms with E-state index in [-0.39, 0.29) is 24.2 Å². The van der Waals surface area contributed by atoms with Crippen LogP contribution in [0.25, 0.3) is 0 Å². The molecule has 0 aromatic heterocycles. The molecule has 0 aliphatic rings. The Morgan fingerprint density at radius 3 is 1.31 bits per heavy atom. The third-order valence-corrected chi connectivity index (χ3v) is 6.22. The van der Waals surface area contributed by atoms with Gasteiger partial charge in [0.2, 0.25) is 0 Å². The third kappa shape index (κ3) is 22.9. The van der Waals surface area contributed by atoms with Crippen LogP contribution < -0.4 is 5.73 Å². The van der Waals surface area contributed by atoms with E-state index in [9.17, 15) is 0 Å². The summed E-state index contributed by atoms with van der Waals surface area (Å²) in [6.07, 6.45) is 24.0. The molecule has 0 atom stereocenters. The van der Waals surface area contributed by atoms with Crippen LogP contribution in [0.5, 0.6) is 0 Å². The Morgan fingerprint density at radius 2 is 1.00 bits per heavy atom. The van der Waals surface area contributed by atoms with Crippen molar-refractivity contribution in [3.63, 3.8) is 0 Å². The van der Waals surface area contributed by atoms with E-state index in [0.29, 0.717) is 4.32 Å². The molecular formula is C22H45NS2Zn. The number of rotatable bonds is 18. The molecule has 0 rings (SSSR count). The molecule has 0 radical (unpaired) electrons. The van der Waals surface area contributed by atoms with Gasteiger partial charge in [0.05, 0.1) is 0 Å². The average Bonchev–Trinajstić information content (AvgIpc) is 2.53. The summed E-state index contributed by atoms with van der Waals surface area (Å²) in [5.74, 6) is 0. The van der Waals surface area contributed by atoms with Gasteiger partial charge in [0.25, 0.3) is 0 Å². The molecule has 0 spiro atoms. The van der Waals surface area contributed by atoms with Crippen LogP contribution in [0.4, 0.5) is 0 Å². The summed E-state index contributed by atoms with van der Waals surface area (Å²) in [7, 11) is 0. The molecule has 26 heavy (non-hydrogen) atoms. The predicted molar refractivity (Wildman–Crippen MR) is 123 cm³/mol. The summed E-state index contributed by atoms with van der Waals surface area (Å²) >= 11 is 6.65. The van der Waals surface area contributed by atoms with Crippen molar-refractivity contribution >= 4 is 28.3 Å². The van der Waals surface area contributed by atoms with E-state index in [1.807, 2.05) is 0 Å². The Labute approximate surface area is 187 Å². The number of thiocarbonyl (C=S) groups is 1. The van der Waals surface area contributed by atoms with Crippen LogP contribution >= 0.6 is 24.0 Å². The van der Waals surface area contributed by atoms with Crippen LogP contribution in [0, 0.1) is 0 Å². The molecule has 4 heteroatoms. The van der Waals surface area contributed by atoms with Gasteiger partial charge in [-0.15, -0.1) is 0 Å². The maximum absolute atomic E-state index is 5.63. The van der Waals surface area contributed by atoms with Gasteiger partial charge in [0, 0.05) is 24.2 Å². The average molecular weight is 453 g/mol. The normalized spacial score (nSPS) is 11.3. The molecule has 0 heterocycles. The van der Waals surface area contributed by atoms with Crippen molar-refractivity contribution in [3.05, 3.63) is 0 Å². The molecule has 0 unspecified atom stereocenters. The summed E-state index contributed by atoms with van der Waals surface area (Å²) < 4.78 is 0.795. The molecule has 0 aliphatic heterocycles. The number of unbranched alkanes of at least 4 members (excludes halogenated alkanes) is 15. The Balaban J connectivity index is 0. The van der Waals surface area contributed by atoms with E-state index >= 15 is 0 Å². The van der Waals surface area contributed by atoms with Crippen molar-refractivity contribution in [1.29, 1.82) is 0 Å². The topological polar surface area (TPSA) is 26.0 Å². The van der Waals surface area contributed by atoms with Gasteiger partial charge in [-0.25, -0.2) is 0 Å². The van der Waals surface area contributed by atoms with Crippen molar-refractivity contribution in [2.24, 2.45) is 5.73 Å². The van der Waals surface area contributed by atoms with E-state index in [4.69, 9.17) is 18.0 Å². The quantitative estimate of drug-likeness (QED) is 0.128. The zero-order valence-corrected chi connectivity index (χ0v) is 22.7. The predicted octanol–water partition coefficient (Wildman–Crippen LogP) is 8.39. The van der Waals surface area contributed by atoms with Gasteiger partial charge in [-0.3, -0.25) is 0 Å². The molecule has 2 N–H and O–H groups in total. The molecule has 0 bridgehead atoms. The number of nitrogens with two attached hydrogens (primary N) is 1. The molecule has 0 amide bonds. The van der Waals surface area contributed by atoms with Gasteiger partial charge in [-0.2, -0.15) is 0 Å². The second-order valence-electron chi connectivity index (χ2n) is 8.23. The van der Waals surface area contributed by atoms with Crippen molar-refractivity contribution in [3.8, 4) is 0 Å². The summed E-state index contributed by atoms with van der Waals surface area (Å²) in [4.78, 5) is 0. The standard InChI is InChI=1S/C22H45NS2.Zn/c1-4-5-6-7-8-9-10-11-12-13-14-15-16-17-18-19-20-22(2,3)25-21(23)24;/h4-20H2,1-3H3,(H2,23,24);. The minimum atomic E-state index is 0. The smallest absolute Gasteiger partial charge is 0.131 e. The Kier molecular flexibility index (Phi) is 23.0. The molecule has 0 fully saturated rings. The number of hydrogen-bond acceptors (Lipinski definition) is 2. The molecule has 0 saturated heterocycles. The molecule has 1 nitrogen and oxygen atoms in total. The summed E-state index contributed by atoms with van der Waals surface area (Å²) in [6.45, 7) is 6.80. The van der Waals surface area contributed by atoms with E-state index in [2.05, 4.69) is 20.8 Å². The van der Waals surface area contributed by atoms with Gasteiger partial charge in [0.1, 0.15) is 4.32 Å². The maximum Gasteiger partial charge on any atom is 0.131 e. The fraction of sp³-hybridized carbons (Fsp3) is 0.955. The van der Waals surface area contributed by atoms with Crippen LogP contribution in [0.1, 0.15) is 130 Å². The van der Waals surface area contributed by atoms with Crippen LogP contribution in [0.15, 0.2) is 0 Å². The summed E-state index contributed by atoms with van der Waals surface area (Å²) in [5, 5.41) is 0. The second kappa shape index (κ2) is 20.6. The van der Waals surface area contributed by atoms with Crippen molar-refractivity contribution < 1.29 is 19.5 Å². The molecule has 0 saturated carbocycles. The zero-order valence-electron chi connectivity index (χ0n) is 18.1. The third-order valence-electron chi connectivity index (χ3n) is 5.01. The van der Waals surface area contributed by atoms with E-state index in [1.54, 1.807) is 11.8 Å². The molecule has 0 aliphatic carbocycles. The summed E-state index contributed by atoms with van der Waals surface area (Å²) in [6, 6.07) is 0. The first-order valence-electron chi connectivity index (χ1n) is 11.0. The van der Waals surface area contributed by atoms with Gasteiger partial charge >= 0.3 is 0 Å². The maximum atomic E-state index is 5.63. The largest absolute Gasteiger partial charge is 0.385 e. The van der Waals surface area contributed by atoms with Crippen LogP contribution in [0.2, 0.25) is 0 Å². The van der Waals surface area contributed by atoms with Gasteiger partial charge in [0.15, 0.2) is 0 Å². The van der Waals surface area contributed by atoms with Crippen LogP contribution in [-0.2, 0) is 19.5 Å². The first-order valence-corrected chi connectivity index (χ1v) is 12.2. The Bertz CT molecular complexity index is 309. The van der Waals surface area contributed by atoms with E-state index in [0.717, 1.165) is 0 Å². The van der Waals surface area contributed by atoms with Crippen LogP contribution in [-0.4, -0.2) is 9.07 Å². The molecular weight excluding hydrogens is 408 g/mol. The second-order valence-corrected chi connectivity index (χ2v) is 10.7. The number of thioether (sulfide) groups is 1.